The predicted octanol–water partition coefficient (Wildman–Crippen LogP) is 3.64. The van der Waals surface area contributed by atoms with Gasteiger partial charge in [-0.2, -0.15) is 0 Å². The maximum absolute atomic E-state index is 12.3. The number of aromatic nitrogens is 2. The van der Waals surface area contributed by atoms with Crippen molar-refractivity contribution >= 4 is 17.1 Å². The topological polar surface area (TPSA) is 53.4 Å². The minimum atomic E-state index is -0.398. The molecule has 0 saturated heterocycles. The van der Waals surface area contributed by atoms with E-state index in [9.17, 15) is 4.79 Å². The molecule has 0 atom stereocenters. The zero-order valence-electron chi connectivity index (χ0n) is 13.2. The van der Waals surface area contributed by atoms with E-state index in [1.165, 1.54) is 0 Å². The molecule has 0 aliphatic heterocycles. The fraction of sp³-hybridized carbons (Fsp3) is 0.222. The molecule has 0 radical (unpaired) electrons. The first-order valence-electron chi connectivity index (χ1n) is 7.49. The van der Waals surface area contributed by atoms with Crippen molar-refractivity contribution in [1.29, 1.82) is 0 Å². The van der Waals surface area contributed by atoms with Crippen LogP contribution in [0.1, 0.15) is 18.3 Å². The summed E-state index contributed by atoms with van der Waals surface area (Å²) in [5.74, 6) is 1.46. The van der Waals surface area contributed by atoms with Crippen molar-refractivity contribution in [3.05, 3.63) is 59.9 Å². The minimum absolute atomic E-state index is 0.327. The lowest BCUT2D eigenvalue weighted by Crippen LogP contribution is -2.16. The highest BCUT2D eigenvalue weighted by atomic mass is 16.5. The van der Waals surface area contributed by atoms with Crippen LogP contribution >= 0.6 is 0 Å². The Balaban J connectivity index is 2.01. The van der Waals surface area contributed by atoms with Crippen LogP contribution in [0, 0.1) is 0 Å². The van der Waals surface area contributed by atoms with Crippen molar-refractivity contribution in [3.63, 3.8) is 0 Å². The molecule has 5 heteroatoms. The van der Waals surface area contributed by atoms with Crippen LogP contribution in [0.15, 0.2) is 48.5 Å². The number of rotatable bonds is 4. The van der Waals surface area contributed by atoms with Gasteiger partial charge in [-0.15, -0.1) is 0 Å². The van der Waals surface area contributed by atoms with E-state index in [-0.39, 0.29) is 0 Å². The largest absolute Gasteiger partial charge is 0.497 e. The molecule has 5 nitrogen and oxygen atoms in total. The third kappa shape index (κ3) is 3.04. The number of methoxy groups -OCH3 is 1. The van der Waals surface area contributed by atoms with Gasteiger partial charge in [0.25, 0.3) is 0 Å². The molecule has 0 amide bonds. The number of carbonyl (C=O) groups is 1. The molecule has 3 rings (SSSR count). The van der Waals surface area contributed by atoms with E-state index in [1.54, 1.807) is 18.6 Å². The predicted molar refractivity (Wildman–Crippen MR) is 88.0 cm³/mol. The molecule has 0 bridgehead atoms. The Kier molecular flexibility index (Phi) is 4.28. The fourth-order valence-corrected chi connectivity index (χ4v) is 2.51. The van der Waals surface area contributed by atoms with E-state index in [1.807, 2.05) is 48.5 Å². The van der Waals surface area contributed by atoms with Crippen molar-refractivity contribution in [1.82, 2.24) is 9.55 Å². The van der Waals surface area contributed by atoms with Gasteiger partial charge in [0, 0.05) is 6.42 Å². The molecule has 0 N–H and O–H groups in total. The van der Waals surface area contributed by atoms with Gasteiger partial charge in [-0.3, -0.25) is 0 Å². The van der Waals surface area contributed by atoms with Crippen LogP contribution in [0.2, 0.25) is 0 Å². The van der Waals surface area contributed by atoms with Crippen LogP contribution in [0.5, 0.6) is 5.75 Å². The molecule has 118 valence electrons. The van der Waals surface area contributed by atoms with Crippen molar-refractivity contribution < 1.29 is 14.3 Å². The van der Waals surface area contributed by atoms with Gasteiger partial charge in [0.1, 0.15) is 11.6 Å². The summed E-state index contributed by atoms with van der Waals surface area (Å²) < 4.78 is 11.9. The molecule has 0 aliphatic rings. The molecule has 3 aromatic rings. The van der Waals surface area contributed by atoms with Gasteiger partial charge in [0.2, 0.25) is 0 Å². The van der Waals surface area contributed by atoms with Gasteiger partial charge in [-0.05, 0) is 36.8 Å². The van der Waals surface area contributed by atoms with Gasteiger partial charge in [0.05, 0.1) is 24.8 Å². The molecule has 1 aromatic heterocycles. The van der Waals surface area contributed by atoms with Crippen molar-refractivity contribution in [2.45, 2.75) is 13.3 Å². The fourth-order valence-electron chi connectivity index (χ4n) is 2.51. The maximum Gasteiger partial charge on any atom is 0.419 e. The van der Waals surface area contributed by atoms with E-state index < -0.39 is 6.09 Å². The van der Waals surface area contributed by atoms with E-state index >= 15 is 0 Å². The number of carbonyl (C=O) groups excluding carboxylic acids is 1. The second kappa shape index (κ2) is 6.52. The molecule has 0 aliphatic carbocycles. The minimum Gasteiger partial charge on any atom is -0.497 e. The second-order valence-corrected chi connectivity index (χ2v) is 5.08. The van der Waals surface area contributed by atoms with Crippen LogP contribution in [0.3, 0.4) is 0 Å². The average Bonchev–Trinajstić information content (AvgIpc) is 2.93. The Hall–Kier alpha value is -2.82. The van der Waals surface area contributed by atoms with Gasteiger partial charge in [-0.1, -0.05) is 24.3 Å². The third-order valence-electron chi connectivity index (χ3n) is 3.60. The van der Waals surface area contributed by atoms with Crippen LogP contribution in [-0.4, -0.2) is 29.4 Å². The summed E-state index contributed by atoms with van der Waals surface area (Å²) in [7, 11) is 1.63. The van der Waals surface area contributed by atoms with E-state index in [4.69, 9.17) is 9.47 Å². The van der Waals surface area contributed by atoms with Crippen LogP contribution in [0.25, 0.3) is 11.0 Å². The lowest BCUT2D eigenvalue weighted by molar-refractivity contribution is 0.154. The number of para-hydroxylation sites is 2. The summed E-state index contributed by atoms with van der Waals surface area (Å²) in [6.45, 7) is 2.12. The molecule has 0 saturated carbocycles. The van der Waals surface area contributed by atoms with E-state index in [2.05, 4.69) is 4.98 Å². The highest BCUT2D eigenvalue weighted by Crippen LogP contribution is 2.20. The van der Waals surface area contributed by atoms with Crippen LogP contribution in [0.4, 0.5) is 4.79 Å². The number of benzene rings is 2. The molecule has 0 fully saturated rings. The van der Waals surface area contributed by atoms with Crippen LogP contribution in [-0.2, 0) is 11.2 Å². The Morgan fingerprint density at radius 2 is 1.87 bits per heavy atom. The normalized spacial score (nSPS) is 10.7. The summed E-state index contributed by atoms with van der Waals surface area (Å²) >= 11 is 0. The molecule has 2 aromatic carbocycles. The molecule has 23 heavy (non-hydrogen) atoms. The number of nitrogens with zero attached hydrogens (tertiary/aromatic N) is 2. The zero-order valence-corrected chi connectivity index (χ0v) is 13.2. The summed E-state index contributed by atoms with van der Waals surface area (Å²) in [4.78, 5) is 16.9. The summed E-state index contributed by atoms with van der Waals surface area (Å²) in [6.07, 6.45) is 0.141. The SMILES string of the molecule is CCOC(=O)n1c(Cc2ccc(OC)cc2)nc2ccccc21. The lowest BCUT2D eigenvalue weighted by Gasteiger charge is -2.08. The Bertz CT molecular complexity index is 822. The number of hydrogen-bond donors (Lipinski definition) is 0. The highest BCUT2D eigenvalue weighted by molar-refractivity contribution is 5.87. The van der Waals surface area contributed by atoms with Gasteiger partial charge in [0.15, 0.2) is 0 Å². The highest BCUT2D eigenvalue weighted by Gasteiger charge is 2.17. The number of hydrogen-bond acceptors (Lipinski definition) is 4. The number of imidazole rings is 1. The lowest BCUT2D eigenvalue weighted by atomic mass is 10.1. The summed E-state index contributed by atoms with van der Waals surface area (Å²) in [6, 6.07) is 15.3. The van der Waals surface area contributed by atoms with E-state index in [0.717, 1.165) is 22.3 Å². The van der Waals surface area contributed by atoms with Crippen molar-refractivity contribution in [2.24, 2.45) is 0 Å². The Morgan fingerprint density at radius 1 is 1.13 bits per heavy atom. The first kappa shape index (κ1) is 15.1. The Labute approximate surface area is 134 Å². The Morgan fingerprint density at radius 3 is 2.57 bits per heavy atom. The maximum atomic E-state index is 12.3. The first-order valence-corrected chi connectivity index (χ1v) is 7.49. The van der Waals surface area contributed by atoms with Gasteiger partial charge >= 0.3 is 6.09 Å². The van der Waals surface area contributed by atoms with Crippen molar-refractivity contribution in [2.75, 3.05) is 13.7 Å². The van der Waals surface area contributed by atoms with Crippen molar-refractivity contribution in [3.8, 4) is 5.75 Å². The number of ether oxygens (including phenoxy) is 2. The molecule has 0 unspecified atom stereocenters. The molecular formula is C18H18N2O3. The zero-order chi connectivity index (χ0) is 16.2. The monoisotopic (exact) mass is 310 g/mol. The summed E-state index contributed by atoms with van der Waals surface area (Å²) in [5, 5.41) is 0. The van der Waals surface area contributed by atoms with Gasteiger partial charge < -0.3 is 9.47 Å². The average molecular weight is 310 g/mol. The molecule has 0 spiro atoms. The summed E-state index contributed by atoms with van der Waals surface area (Å²) in [5.41, 5.74) is 2.59. The molecule has 1 heterocycles. The van der Waals surface area contributed by atoms with Crippen LogP contribution < -0.4 is 4.74 Å². The standard InChI is InChI=1S/C18H18N2O3/c1-3-23-18(21)20-16-7-5-4-6-15(16)19-17(20)12-13-8-10-14(22-2)11-9-13/h4-11H,3,12H2,1-2H3. The number of fused-ring (bicyclic) bond motifs is 1. The van der Waals surface area contributed by atoms with E-state index in [0.29, 0.717) is 18.9 Å². The quantitative estimate of drug-likeness (QED) is 0.738. The van der Waals surface area contributed by atoms with Gasteiger partial charge in [-0.25, -0.2) is 14.3 Å². The third-order valence-corrected chi connectivity index (χ3v) is 3.60. The second-order valence-electron chi connectivity index (χ2n) is 5.08. The molecular weight excluding hydrogens is 292 g/mol. The smallest absolute Gasteiger partial charge is 0.419 e. The first-order chi connectivity index (χ1) is 11.2.